The molecule has 1 aromatic heterocycles. The van der Waals surface area contributed by atoms with Gasteiger partial charge in [0.25, 0.3) is 0 Å². The third-order valence-corrected chi connectivity index (χ3v) is 11.4. The first-order valence-corrected chi connectivity index (χ1v) is 19.1. The predicted molar refractivity (Wildman–Crippen MR) is 229 cm³/mol. The maximum absolute atomic E-state index is 5.53. The van der Waals surface area contributed by atoms with E-state index >= 15 is 0 Å². The molecule has 0 radical (unpaired) electrons. The zero-order valence-corrected chi connectivity index (χ0v) is 30.6. The van der Waals surface area contributed by atoms with Crippen LogP contribution in [0.5, 0.6) is 0 Å². The van der Waals surface area contributed by atoms with Crippen molar-refractivity contribution in [2.45, 2.75) is 12.1 Å². The molecule has 10 rings (SSSR count). The van der Waals surface area contributed by atoms with Gasteiger partial charge in [0.15, 0.2) is 0 Å². The van der Waals surface area contributed by atoms with E-state index < -0.39 is 0 Å². The number of rotatable bonds is 6. The van der Waals surface area contributed by atoms with Gasteiger partial charge in [0.2, 0.25) is 0 Å². The van der Waals surface area contributed by atoms with Gasteiger partial charge in [-0.1, -0.05) is 170 Å². The van der Waals surface area contributed by atoms with E-state index in [1.165, 1.54) is 38.8 Å². The van der Waals surface area contributed by atoms with Crippen molar-refractivity contribution in [2.75, 3.05) is 7.05 Å². The molecule has 55 heavy (non-hydrogen) atoms. The van der Waals surface area contributed by atoms with Crippen molar-refractivity contribution in [3.8, 4) is 22.3 Å². The summed E-state index contributed by atoms with van der Waals surface area (Å²) in [4.78, 5) is 12.4. The van der Waals surface area contributed by atoms with E-state index in [9.17, 15) is 0 Å². The molecule has 0 saturated heterocycles. The fraction of sp³-hybridized carbons (Fsp3) is 0.0769. The Morgan fingerprint density at radius 1 is 0.527 bits per heavy atom. The summed E-state index contributed by atoms with van der Waals surface area (Å²) in [5.41, 5.74) is 15.4. The lowest BCUT2D eigenvalue weighted by molar-refractivity contribution is 0.364. The van der Waals surface area contributed by atoms with Crippen LogP contribution in [-0.2, 0) is 0 Å². The van der Waals surface area contributed by atoms with E-state index in [2.05, 4.69) is 205 Å². The minimum Gasteiger partial charge on any atom is -0.349 e. The molecule has 0 fully saturated rings. The Hall–Kier alpha value is -6.84. The number of aromatic nitrogens is 1. The summed E-state index contributed by atoms with van der Waals surface area (Å²) in [6.45, 7) is 0. The van der Waals surface area contributed by atoms with E-state index in [0.717, 1.165) is 44.6 Å². The number of hydrogen-bond acceptors (Lipinski definition) is 3. The summed E-state index contributed by atoms with van der Waals surface area (Å²) in [6, 6.07) is 54.6. The molecule has 2 aliphatic carbocycles. The third kappa shape index (κ3) is 6.04. The Kier molecular flexibility index (Phi) is 8.26. The zero-order valence-electron chi connectivity index (χ0n) is 30.6. The molecule has 2 heterocycles. The molecule has 0 amide bonds. The lowest BCUT2D eigenvalue weighted by atomic mass is 9.71. The van der Waals surface area contributed by atoms with Crippen molar-refractivity contribution in [2.24, 2.45) is 10.9 Å². The van der Waals surface area contributed by atoms with Gasteiger partial charge >= 0.3 is 0 Å². The van der Waals surface area contributed by atoms with Crippen LogP contribution in [0, 0.1) is 5.92 Å². The van der Waals surface area contributed by atoms with E-state index in [1.807, 2.05) is 12.4 Å². The Balaban J connectivity index is 1.07. The first kappa shape index (κ1) is 32.8. The highest BCUT2D eigenvalue weighted by Crippen LogP contribution is 2.46. The highest BCUT2D eigenvalue weighted by Gasteiger charge is 2.31. The number of hydrogen-bond donors (Lipinski definition) is 0. The van der Waals surface area contributed by atoms with Crippen LogP contribution in [0.15, 0.2) is 199 Å². The van der Waals surface area contributed by atoms with Gasteiger partial charge in [-0.25, -0.2) is 0 Å². The Bertz CT molecular complexity index is 2730. The minimum atomic E-state index is -0.221. The SMILES string of the molecule is CN1C(c2ccc(-c3cncc4ccccc34)cc2)=CC(c2cccc(C3=Cc4ccccc4C4C=CC=CC34)c2)=NC1c1cccc(-c2ccccc2)c1. The Morgan fingerprint density at radius 2 is 1.24 bits per heavy atom. The second kappa shape index (κ2) is 13.9. The van der Waals surface area contributed by atoms with Gasteiger partial charge in [-0.3, -0.25) is 9.98 Å². The van der Waals surface area contributed by atoms with Gasteiger partial charge in [0.05, 0.1) is 5.71 Å². The van der Waals surface area contributed by atoms with Crippen LogP contribution in [0.2, 0.25) is 0 Å². The van der Waals surface area contributed by atoms with E-state index in [4.69, 9.17) is 4.99 Å². The number of pyridine rings is 1. The maximum atomic E-state index is 5.53. The van der Waals surface area contributed by atoms with Crippen molar-refractivity contribution >= 4 is 33.8 Å². The summed E-state index contributed by atoms with van der Waals surface area (Å²) in [7, 11) is 2.16. The third-order valence-electron chi connectivity index (χ3n) is 11.4. The second-order valence-corrected chi connectivity index (χ2v) is 14.6. The standard InChI is InChI=1S/C52H39N3/c1-55-51(37-27-25-36(26-28-37)49-34-53-33-43-16-6-8-22-45(43)49)32-50(54-52(55)42-20-11-17-38(29-42)35-13-3-2-4-14-35)41-19-12-18-39(30-41)48-31-40-15-5-7-21-44(40)46-23-9-10-24-47(46)48/h2-34,46-47,52H,1H3. The first-order valence-electron chi connectivity index (χ1n) is 19.1. The van der Waals surface area contributed by atoms with Crippen molar-refractivity contribution in [3.05, 3.63) is 228 Å². The molecule has 1 aliphatic heterocycles. The van der Waals surface area contributed by atoms with Crippen molar-refractivity contribution in [1.29, 1.82) is 0 Å². The molecule has 7 aromatic rings. The Morgan fingerprint density at radius 3 is 2.13 bits per heavy atom. The van der Waals surface area contributed by atoms with E-state index in [-0.39, 0.29) is 12.1 Å². The summed E-state index contributed by atoms with van der Waals surface area (Å²) in [6.07, 6.45) is 17.4. The number of allylic oxidation sites excluding steroid dienone is 6. The molecule has 0 spiro atoms. The van der Waals surface area contributed by atoms with Crippen LogP contribution in [0.3, 0.4) is 0 Å². The quantitative estimate of drug-likeness (QED) is 0.172. The van der Waals surface area contributed by atoms with E-state index in [0.29, 0.717) is 5.92 Å². The molecule has 262 valence electrons. The Labute approximate surface area is 322 Å². The summed E-state index contributed by atoms with van der Waals surface area (Å²) in [5, 5.41) is 2.34. The number of aliphatic imine (C=N–C) groups is 1. The number of fused-ring (bicyclic) bond motifs is 4. The van der Waals surface area contributed by atoms with Gasteiger partial charge in [-0.15, -0.1) is 0 Å². The summed E-state index contributed by atoms with van der Waals surface area (Å²) in [5.74, 6) is 0.607. The van der Waals surface area contributed by atoms with Crippen LogP contribution in [0.4, 0.5) is 0 Å². The van der Waals surface area contributed by atoms with Crippen LogP contribution in [-0.4, -0.2) is 22.6 Å². The molecule has 3 unspecified atom stereocenters. The van der Waals surface area contributed by atoms with Crippen molar-refractivity contribution in [1.82, 2.24) is 9.88 Å². The largest absolute Gasteiger partial charge is 0.349 e. The molecular weight excluding hydrogens is 667 g/mol. The molecule has 0 saturated carbocycles. The molecule has 0 N–H and O–H groups in total. The fourth-order valence-electron chi connectivity index (χ4n) is 8.58. The average molecular weight is 706 g/mol. The monoisotopic (exact) mass is 705 g/mol. The molecular formula is C52H39N3. The fourth-order valence-corrected chi connectivity index (χ4v) is 8.58. The summed E-state index contributed by atoms with van der Waals surface area (Å²) < 4.78 is 0. The summed E-state index contributed by atoms with van der Waals surface area (Å²) >= 11 is 0. The predicted octanol–water partition coefficient (Wildman–Crippen LogP) is 12.4. The zero-order chi connectivity index (χ0) is 36.7. The number of nitrogens with zero attached hydrogens (tertiary/aromatic N) is 3. The number of benzene rings is 6. The minimum absolute atomic E-state index is 0.221. The normalized spacial score (nSPS) is 18.6. The van der Waals surface area contributed by atoms with Crippen LogP contribution in [0.1, 0.15) is 45.5 Å². The van der Waals surface area contributed by atoms with Gasteiger partial charge in [-0.2, -0.15) is 0 Å². The maximum Gasteiger partial charge on any atom is 0.147 e. The van der Waals surface area contributed by atoms with Crippen LogP contribution in [0.25, 0.3) is 50.4 Å². The molecule has 3 aliphatic rings. The van der Waals surface area contributed by atoms with Gasteiger partial charge < -0.3 is 4.90 Å². The van der Waals surface area contributed by atoms with Crippen molar-refractivity contribution < 1.29 is 0 Å². The first-order chi connectivity index (χ1) is 27.2. The molecule has 3 heteroatoms. The molecule has 6 aromatic carbocycles. The average Bonchev–Trinajstić information content (AvgIpc) is 3.26. The highest BCUT2D eigenvalue weighted by atomic mass is 15.2. The van der Waals surface area contributed by atoms with Gasteiger partial charge in [-0.05, 0) is 73.7 Å². The van der Waals surface area contributed by atoms with Gasteiger partial charge in [0.1, 0.15) is 6.17 Å². The van der Waals surface area contributed by atoms with Crippen LogP contribution < -0.4 is 0 Å². The second-order valence-electron chi connectivity index (χ2n) is 14.6. The molecule has 0 bridgehead atoms. The molecule has 3 atom stereocenters. The van der Waals surface area contributed by atoms with E-state index in [1.54, 1.807) is 0 Å². The van der Waals surface area contributed by atoms with Crippen LogP contribution >= 0.6 is 0 Å². The topological polar surface area (TPSA) is 28.5 Å². The lowest BCUT2D eigenvalue weighted by Crippen LogP contribution is -2.27. The van der Waals surface area contributed by atoms with Gasteiger partial charge in [0, 0.05) is 53.5 Å². The highest BCUT2D eigenvalue weighted by molar-refractivity contribution is 6.13. The lowest BCUT2D eigenvalue weighted by Gasteiger charge is -2.34. The molecule has 3 nitrogen and oxygen atoms in total. The van der Waals surface area contributed by atoms with Crippen molar-refractivity contribution in [3.63, 3.8) is 0 Å². The smallest absolute Gasteiger partial charge is 0.147 e.